The molecule has 114 valence electrons. The number of hydrogen-bond acceptors (Lipinski definition) is 4. The predicted molar refractivity (Wildman–Crippen MR) is 74.9 cm³/mol. The number of amides is 2. The number of piperidine rings is 1. The summed E-state index contributed by atoms with van der Waals surface area (Å²) in [6.07, 6.45) is 4.02. The van der Waals surface area contributed by atoms with E-state index in [0.717, 1.165) is 12.8 Å². The van der Waals surface area contributed by atoms with E-state index in [2.05, 4.69) is 0 Å². The minimum Gasteiger partial charge on any atom is -0.337 e. The second kappa shape index (κ2) is 5.71. The van der Waals surface area contributed by atoms with Crippen LogP contribution in [0, 0.1) is 0 Å². The van der Waals surface area contributed by atoms with E-state index in [0.29, 0.717) is 19.5 Å². The van der Waals surface area contributed by atoms with Crippen LogP contribution in [0.4, 0.5) is 0 Å². The maximum absolute atomic E-state index is 12.6. The molecule has 0 aromatic carbocycles. The summed E-state index contributed by atoms with van der Waals surface area (Å²) in [5.74, 6) is -0.136. The van der Waals surface area contributed by atoms with Gasteiger partial charge in [-0.05, 0) is 26.2 Å². The molecular weight excluding hydrogens is 280 g/mol. The molecule has 6 nitrogen and oxygen atoms in total. The molecule has 2 heterocycles. The number of hydrogen-bond donors (Lipinski definition) is 0. The third-order valence-corrected chi connectivity index (χ3v) is 5.12. The smallest absolute Gasteiger partial charge is 0.245 e. The third kappa shape index (κ3) is 3.31. The Morgan fingerprint density at radius 1 is 1.25 bits per heavy atom. The number of nitrogens with zero attached hydrogens (tertiary/aromatic N) is 2. The van der Waals surface area contributed by atoms with Crippen LogP contribution < -0.4 is 0 Å². The largest absolute Gasteiger partial charge is 0.337 e. The van der Waals surface area contributed by atoms with Gasteiger partial charge in [-0.3, -0.25) is 9.59 Å². The fourth-order valence-electron chi connectivity index (χ4n) is 3.11. The summed E-state index contributed by atoms with van der Waals surface area (Å²) in [6.45, 7) is 2.70. The molecule has 2 rings (SSSR count). The Morgan fingerprint density at radius 3 is 2.60 bits per heavy atom. The first kappa shape index (κ1) is 15.3. The molecule has 0 aromatic heterocycles. The molecule has 0 N–H and O–H groups in total. The van der Waals surface area contributed by atoms with E-state index in [1.807, 2.05) is 0 Å². The zero-order valence-corrected chi connectivity index (χ0v) is 12.9. The van der Waals surface area contributed by atoms with Gasteiger partial charge in [-0.25, -0.2) is 8.42 Å². The molecule has 0 radical (unpaired) electrons. The van der Waals surface area contributed by atoms with Crippen LogP contribution in [0.15, 0.2) is 0 Å². The van der Waals surface area contributed by atoms with E-state index in [9.17, 15) is 18.0 Å². The van der Waals surface area contributed by atoms with E-state index < -0.39 is 9.84 Å². The van der Waals surface area contributed by atoms with Crippen molar-refractivity contribution >= 4 is 21.7 Å². The van der Waals surface area contributed by atoms with Gasteiger partial charge < -0.3 is 9.80 Å². The van der Waals surface area contributed by atoms with Gasteiger partial charge >= 0.3 is 0 Å². The third-order valence-electron chi connectivity index (χ3n) is 4.03. The van der Waals surface area contributed by atoms with Gasteiger partial charge in [0.25, 0.3) is 0 Å². The summed E-state index contributed by atoms with van der Waals surface area (Å²) in [4.78, 5) is 27.9. The lowest BCUT2D eigenvalue weighted by Crippen LogP contribution is -2.52. The van der Waals surface area contributed by atoms with Gasteiger partial charge in [-0.2, -0.15) is 0 Å². The van der Waals surface area contributed by atoms with Gasteiger partial charge in [0, 0.05) is 31.8 Å². The van der Waals surface area contributed by atoms with Crippen molar-refractivity contribution in [2.24, 2.45) is 0 Å². The number of sulfone groups is 1. The standard InChI is InChI=1S/C13H22N2O4S/c1-10(9-20(2,18)19)14-8-6-12(16)15-7-4-3-5-11(15)13(14)17/h10-11H,3-9H2,1-2H3. The topological polar surface area (TPSA) is 74.8 Å². The van der Waals surface area contributed by atoms with E-state index in [1.165, 1.54) is 6.26 Å². The highest BCUT2D eigenvalue weighted by molar-refractivity contribution is 7.90. The van der Waals surface area contributed by atoms with Crippen LogP contribution in [-0.4, -0.2) is 67.2 Å². The van der Waals surface area contributed by atoms with Crippen molar-refractivity contribution < 1.29 is 18.0 Å². The molecule has 0 spiro atoms. The zero-order chi connectivity index (χ0) is 14.9. The van der Waals surface area contributed by atoms with Crippen molar-refractivity contribution in [3.05, 3.63) is 0 Å². The Balaban J connectivity index is 2.18. The average Bonchev–Trinajstić information content (AvgIpc) is 2.47. The second-order valence-corrected chi connectivity index (χ2v) is 8.01. The summed E-state index contributed by atoms with van der Waals surface area (Å²) >= 11 is 0. The van der Waals surface area contributed by atoms with Crippen molar-refractivity contribution in [3.63, 3.8) is 0 Å². The molecule has 2 amide bonds. The summed E-state index contributed by atoms with van der Waals surface area (Å²) in [5, 5.41) is 0. The fraction of sp³-hybridized carbons (Fsp3) is 0.846. The van der Waals surface area contributed by atoms with Gasteiger partial charge in [-0.1, -0.05) is 0 Å². The Morgan fingerprint density at radius 2 is 1.95 bits per heavy atom. The highest BCUT2D eigenvalue weighted by Gasteiger charge is 2.39. The van der Waals surface area contributed by atoms with Crippen LogP contribution in [0.1, 0.15) is 32.6 Å². The van der Waals surface area contributed by atoms with Crippen LogP contribution in [0.2, 0.25) is 0 Å². The Labute approximate surface area is 120 Å². The lowest BCUT2D eigenvalue weighted by atomic mass is 10.0. The second-order valence-electron chi connectivity index (χ2n) is 5.82. The molecule has 2 atom stereocenters. The number of rotatable bonds is 3. The summed E-state index contributed by atoms with van der Waals surface area (Å²) in [7, 11) is -3.14. The minimum absolute atomic E-state index is 0.0112. The monoisotopic (exact) mass is 302 g/mol. The van der Waals surface area contributed by atoms with Crippen molar-refractivity contribution in [1.29, 1.82) is 0 Å². The van der Waals surface area contributed by atoms with Gasteiger partial charge in [0.2, 0.25) is 11.8 Å². The molecule has 0 aromatic rings. The normalized spacial score (nSPS) is 26.2. The lowest BCUT2D eigenvalue weighted by molar-refractivity contribution is -0.143. The molecule has 2 fully saturated rings. The SMILES string of the molecule is CC(CS(C)(=O)=O)N1CCC(=O)N2CCCCC2C1=O. The van der Waals surface area contributed by atoms with E-state index in [-0.39, 0.29) is 36.1 Å². The molecule has 2 saturated heterocycles. The van der Waals surface area contributed by atoms with E-state index in [4.69, 9.17) is 0 Å². The van der Waals surface area contributed by atoms with Gasteiger partial charge in [-0.15, -0.1) is 0 Å². The summed E-state index contributed by atoms with van der Waals surface area (Å²) in [5.41, 5.74) is 0. The van der Waals surface area contributed by atoms with Crippen molar-refractivity contribution in [2.75, 3.05) is 25.1 Å². The van der Waals surface area contributed by atoms with Gasteiger partial charge in [0.1, 0.15) is 15.9 Å². The van der Waals surface area contributed by atoms with Gasteiger partial charge in [0.15, 0.2) is 0 Å². The summed E-state index contributed by atoms with van der Waals surface area (Å²) < 4.78 is 22.8. The van der Waals surface area contributed by atoms with Crippen LogP contribution in [-0.2, 0) is 19.4 Å². The first-order valence-corrected chi connectivity index (χ1v) is 9.13. The van der Waals surface area contributed by atoms with Crippen molar-refractivity contribution in [3.8, 4) is 0 Å². The highest BCUT2D eigenvalue weighted by Crippen LogP contribution is 2.24. The highest BCUT2D eigenvalue weighted by atomic mass is 32.2. The first-order chi connectivity index (χ1) is 9.29. The predicted octanol–water partition coefficient (Wildman–Crippen LogP) is 0.0329. The van der Waals surface area contributed by atoms with Crippen LogP contribution in [0.3, 0.4) is 0 Å². The Kier molecular flexibility index (Phi) is 4.36. The Bertz CT molecular complexity index is 503. The molecule has 0 saturated carbocycles. The number of carbonyl (C=O) groups excluding carboxylic acids is 2. The van der Waals surface area contributed by atoms with E-state index in [1.54, 1.807) is 16.7 Å². The molecule has 2 unspecified atom stereocenters. The number of carbonyl (C=O) groups is 2. The van der Waals surface area contributed by atoms with Crippen LogP contribution in [0.25, 0.3) is 0 Å². The van der Waals surface area contributed by atoms with Crippen LogP contribution in [0.5, 0.6) is 0 Å². The lowest BCUT2D eigenvalue weighted by Gasteiger charge is -2.35. The summed E-state index contributed by atoms with van der Waals surface area (Å²) in [6, 6.07) is -0.770. The van der Waals surface area contributed by atoms with E-state index >= 15 is 0 Å². The molecule has 0 aliphatic carbocycles. The quantitative estimate of drug-likeness (QED) is 0.737. The molecule has 20 heavy (non-hydrogen) atoms. The fourth-order valence-corrected chi connectivity index (χ4v) is 4.17. The number of fused-ring (bicyclic) bond motifs is 1. The van der Waals surface area contributed by atoms with Crippen molar-refractivity contribution in [1.82, 2.24) is 9.80 Å². The molecule has 2 aliphatic heterocycles. The van der Waals surface area contributed by atoms with Gasteiger partial charge in [0.05, 0.1) is 5.75 Å². The molecule has 2 aliphatic rings. The average molecular weight is 302 g/mol. The van der Waals surface area contributed by atoms with Crippen molar-refractivity contribution in [2.45, 2.75) is 44.7 Å². The molecule has 0 bridgehead atoms. The maximum atomic E-state index is 12.6. The molecule has 7 heteroatoms. The maximum Gasteiger partial charge on any atom is 0.245 e. The Hall–Kier alpha value is -1.11. The first-order valence-electron chi connectivity index (χ1n) is 7.07. The molecular formula is C13H22N2O4S. The van der Waals surface area contributed by atoms with Crippen LogP contribution >= 0.6 is 0 Å². The zero-order valence-electron chi connectivity index (χ0n) is 12.0. The minimum atomic E-state index is -3.14.